The summed E-state index contributed by atoms with van der Waals surface area (Å²) in [4.78, 5) is 2.28. The Morgan fingerprint density at radius 3 is 2.33 bits per heavy atom. The highest BCUT2D eigenvalue weighted by molar-refractivity contribution is 5.49. The molecular formula is C26H35N. The predicted molar refractivity (Wildman–Crippen MR) is 122 cm³/mol. The van der Waals surface area contributed by atoms with Crippen LogP contribution in [-0.2, 0) is 0 Å². The van der Waals surface area contributed by atoms with Crippen molar-refractivity contribution in [3.05, 3.63) is 101 Å². The Kier molecular flexibility index (Phi) is 10.6. The van der Waals surface area contributed by atoms with Crippen molar-refractivity contribution in [1.82, 2.24) is 4.90 Å². The van der Waals surface area contributed by atoms with Crippen LogP contribution in [0.25, 0.3) is 6.08 Å². The van der Waals surface area contributed by atoms with Crippen molar-refractivity contribution in [3.63, 3.8) is 0 Å². The third-order valence-corrected chi connectivity index (χ3v) is 4.51. The van der Waals surface area contributed by atoms with Crippen molar-refractivity contribution >= 4 is 6.08 Å². The van der Waals surface area contributed by atoms with Crippen molar-refractivity contribution in [2.45, 2.75) is 34.6 Å². The van der Waals surface area contributed by atoms with Gasteiger partial charge in [0.15, 0.2) is 0 Å². The van der Waals surface area contributed by atoms with Gasteiger partial charge in [-0.25, -0.2) is 0 Å². The summed E-state index contributed by atoms with van der Waals surface area (Å²) in [7, 11) is 2.14. The number of allylic oxidation sites excluding steroid dienone is 9. The van der Waals surface area contributed by atoms with Crippen LogP contribution in [-0.4, -0.2) is 18.5 Å². The molecule has 0 aromatic heterocycles. The summed E-state index contributed by atoms with van der Waals surface area (Å²) in [5, 5.41) is 0. The molecule has 0 bridgehead atoms. The molecule has 0 saturated carbocycles. The van der Waals surface area contributed by atoms with Crippen LogP contribution < -0.4 is 0 Å². The fraction of sp³-hybridized carbons (Fsp3) is 0.308. The Hall–Kier alpha value is -2.54. The standard InChI is InChI=1S/C26H35N/c1-7-10-20-27(6)26(19-18-25(9-3)23(5)8-2)21-22(4)16-17-24-14-12-11-13-15-24/h7-19,21-22H,20H2,1-6H3/b10-7-,17-16+,19-18-,23-8+,25-9+,26-21-. The molecule has 27 heavy (non-hydrogen) atoms. The van der Waals surface area contributed by atoms with Gasteiger partial charge in [-0.05, 0) is 56.4 Å². The van der Waals surface area contributed by atoms with E-state index in [9.17, 15) is 0 Å². The molecule has 0 aliphatic heterocycles. The first-order chi connectivity index (χ1) is 13.0. The zero-order valence-electron chi connectivity index (χ0n) is 17.8. The largest absolute Gasteiger partial charge is 0.371 e. The van der Waals surface area contributed by atoms with Crippen molar-refractivity contribution < 1.29 is 0 Å². The molecule has 1 aromatic carbocycles. The summed E-state index contributed by atoms with van der Waals surface area (Å²) in [6, 6.07) is 10.4. The van der Waals surface area contributed by atoms with Crippen LogP contribution in [0.4, 0.5) is 0 Å². The molecule has 0 spiro atoms. The molecule has 1 atom stereocenters. The maximum absolute atomic E-state index is 2.32. The fourth-order valence-electron chi connectivity index (χ4n) is 2.63. The van der Waals surface area contributed by atoms with Gasteiger partial charge in [0.05, 0.1) is 0 Å². The highest BCUT2D eigenvalue weighted by Gasteiger charge is 2.03. The second kappa shape index (κ2) is 12.8. The van der Waals surface area contributed by atoms with Crippen molar-refractivity contribution in [3.8, 4) is 0 Å². The average molecular weight is 362 g/mol. The molecule has 1 rings (SSSR count). The average Bonchev–Trinajstić information content (AvgIpc) is 2.70. The molecule has 0 amide bonds. The maximum Gasteiger partial charge on any atom is 0.0356 e. The summed E-state index contributed by atoms with van der Waals surface area (Å²) in [5.41, 5.74) is 5.01. The third kappa shape index (κ3) is 8.59. The number of likely N-dealkylation sites (N-methyl/N-ethyl adjacent to an activating group) is 1. The van der Waals surface area contributed by atoms with E-state index in [1.54, 1.807) is 0 Å². The minimum atomic E-state index is 0.342. The fourth-order valence-corrected chi connectivity index (χ4v) is 2.63. The van der Waals surface area contributed by atoms with Crippen molar-refractivity contribution in [2.24, 2.45) is 5.92 Å². The summed E-state index contributed by atoms with van der Waals surface area (Å²) in [6.07, 6.45) is 19.8. The molecule has 0 heterocycles. The van der Waals surface area contributed by atoms with Gasteiger partial charge in [0.1, 0.15) is 0 Å². The summed E-state index contributed by atoms with van der Waals surface area (Å²) < 4.78 is 0. The second-order valence-corrected chi connectivity index (χ2v) is 6.72. The van der Waals surface area contributed by atoms with Crippen LogP contribution in [0.5, 0.6) is 0 Å². The SMILES string of the molecule is C/C=C\CN(C)C(/C=C\C(=C/C)C(\C)=C\C)=C\C(C)/C=C/c1ccccc1. The molecule has 0 fully saturated rings. The van der Waals surface area contributed by atoms with E-state index >= 15 is 0 Å². The van der Waals surface area contributed by atoms with E-state index in [4.69, 9.17) is 0 Å². The number of hydrogen-bond acceptors (Lipinski definition) is 1. The van der Waals surface area contributed by atoms with E-state index in [-0.39, 0.29) is 0 Å². The zero-order chi connectivity index (χ0) is 20.1. The highest BCUT2D eigenvalue weighted by atomic mass is 15.1. The molecule has 1 nitrogen and oxygen atoms in total. The summed E-state index contributed by atoms with van der Waals surface area (Å²) in [6.45, 7) is 11.5. The first kappa shape index (κ1) is 22.5. The first-order valence-electron chi connectivity index (χ1n) is 9.76. The lowest BCUT2D eigenvalue weighted by Crippen LogP contribution is -2.17. The molecule has 0 radical (unpaired) electrons. The van der Waals surface area contributed by atoms with E-state index in [0.29, 0.717) is 5.92 Å². The predicted octanol–water partition coefficient (Wildman–Crippen LogP) is 7.20. The lowest BCUT2D eigenvalue weighted by Gasteiger charge is -2.20. The molecule has 1 aromatic rings. The van der Waals surface area contributed by atoms with Crippen LogP contribution >= 0.6 is 0 Å². The molecule has 144 valence electrons. The van der Waals surface area contributed by atoms with E-state index in [2.05, 4.69) is 126 Å². The molecule has 1 unspecified atom stereocenters. The van der Waals surface area contributed by atoms with Gasteiger partial charge in [-0.2, -0.15) is 0 Å². The molecule has 0 N–H and O–H groups in total. The van der Waals surface area contributed by atoms with Crippen LogP contribution in [0, 0.1) is 5.92 Å². The lowest BCUT2D eigenvalue weighted by atomic mass is 10.0. The monoisotopic (exact) mass is 361 g/mol. The number of benzene rings is 1. The third-order valence-electron chi connectivity index (χ3n) is 4.51. The number of rotatable bonds is 9. The normalized spacial score (nSPS) is 15.3. The summed E-state index contributed by atoms with van der Waals surface area (Å²) >= 11 is 0. The van der Waals surface area contributed by atoms with Gasteiger partial charge in [-0.1, -0.05) is 85.9 Å². The molecule has 0 saturated heterocycles. The second-order valence-electron chi connectivity index (χ2n) is 6.72. The molecule has 0 aliphatic carbocycles. The van der Waals surface area contributed by atoms with Crippen LogP contribution in [0.1, 0.15) is 40.2 Å². The smallest absolute Gasteiger partial charge is 0.0356 e. The number of hydrogen-bond donors (Lipinski definition) is 0. The van der Waals surface area contributed by atoms with Crippen molar-refractivity contribution in [1.29, 1.82) is 0 Å². The van der Waals surface area contributed by atoms with Gasteiger partial charge in [0.25, 0.3) is 0 Å². The van der Waals surface area contributed by atoms with E-state index in [1.807, 2.05) is 6.07 Å². The van der Waals surface area contributed by atoms with Gasteiger partial charge in [0, 0.05) is 19.3 Å². The number of nitrogens with zero attached hydrogens (tertiary/aromatic N) is 1. The van der Waals surface area contributed by atoms with E-state index in [0.717, 1.165) is 6.54 Å². The van der Waals surface area contributed by atoms with Gasteiger partial charge >= 0.3 is 0 Å². The van der Waals surface area contributed by atoms with E-state index in [1.165, 1.54) is 22.4 Å². The Morgan fingerprint density at radius 1 is 1.04 bits per heavy atom. The van der Waals surface area contributed by atoms with E-state index < -0.39 is 0 Å². The van der Waals surface area contributed by atoms with Crippen LogP contribution in [0.2, 0.25) is 0 Å². The van der Waals surface area contributed by atoms with Gasteiger partial charge in [-0.3, -0.25) is 0 Å². The van der Waals surface area contributed by atoms with Gasteiger partial charge in [0.2, 0.25) is 0 Å². The maximum atomic E-state index is 2.32. The van der Waals surface area contributed by atoms with Gasteiger partial charge in [-0.15, -0.1) is 0 Å². The molecular weight excluding hydrogens is 326 g/mol. The minimum Gasteiger partial charge on any atom is -0.371 e. The van der Waals surface area contributed by atoms with Crippen molar-refractivity contribution in [2.75, 3.05) is 13.6 Å². The molecule has 0 aliphatic rings. The topological polar surface area (TPSA) is 3.24 Å². The van der Waals surface area contributed by atoms with Crippen LogP contribution in [0.3, 0.4) is 0 Å². The highest BCUT2D eigenvalue weighted by Crippen LogP contribution is 2.16. The Morgan fingerprint density at radius 2 is 1.74 bits per heavy atom. The zero-order valence-corrected chi connectivity index (χ0v) is 17.8. The van der Waals surface area contributed by atoms with Gasteiger partial charge < -0.3 is 4.90 Å². The summed E-state index contributed by atoms with van der Waals surface area (Å²) in [5.74, 6) is 0.342. The molecule has 1 heteroatoms. The Labute approximate surface area is 166 Å². The quantitative estimate of drug-likeness (QED) is 0.332. The first-order valence-corrected chi connectivity index (χ1v) is 9.76. The Bertz CT molecular complexity index is 727. The minimum absolute atomic E-state index is 0.342. The lowest BCUT2D eigenvalue weighted by molar-refractivity contribution is 0.475. The Balaban J connectivity index is 3.05. The van der Waals surface area contributed by atoms with Crippen LogP contribution in [0.15, 0.2) is 95.8 Å².